The highest BCUT2D eigenvalue weighted by atomic mass is 35.5. The highest BCUT2D eigenvalue weighted by Crippen LogP contribution is 2.27. The third-order valence-electron chi connectivity index (χ3n) is 2.84. The summed E-state index contributed by atoms with van der Waals surface area (Å²) in [6.07, 6.45) is 0.364. The van der Waals surface area contributed by atoms with E-state index in [4.69, 9.17) is 16.3 Å². The van der Waals surface area contributed by atoms with Crippen molar-refractivity contribution in [2.24, 2.45) is 5.92 Å². The van der Waals surface area contributed by atoms with Crippen LogP contribution in [-0.2, 0) is 4.74 Å². The minimum atomic E-state index is -0.487. The Morgan fingerprint density at radius 3 is 2.94 bits per heavy atom. The first kappa shape index (κ1) is 11.6. The highest BCUT2D eigenvalue weighted by Gasteiger charge is 2.32. The second kappa shape index (κ2) is 4.52. The summed E-state index contributed by atoms with van der Waals surface area (Å²) in [5.74, 6) is -0.528. The predicted octanol–water partition coefficient (Wildman–Crippen LogP) is 3.09. The van der Waals surface area contributed by atoms with Gasteiger partial charge in [0, 0.05) is 12.2 Å². The van der Waals surface area contributed by atoms with Crippen LogP contribution < -0.4 is 0 Å². The summed E-state index contributed by atoms with van der Waals surface area (Å²) in [5, 5.41) is 0.272. The van der Waals surface area contributed by atoms with Crippen molar-refractivity contribution in [1.82, 2.24) is 0 Å². The molecule has 2 unspecified atom stereocenters. The molecule has 0 amide bonds. The van der Waals surface area contributed by atoms with Gasteiger partial charge in [0.25, 0.3) is 0 Å². The van der Waals surface area contributed by atoms with Crippen LogP contribution in [0.4, 0.5) is 4.39 Å². The molecule has 1 aromatic rings. The van der Waals surface area contributed by atoms with Gasteiger partial charge in [-0.25, -0.2) is 4.39 Å². The van der Waals surface area contributed by atoms with Crippen LogP contribution in [0.1, 0.15) is 23.7 Å². The quantitative estimate of drug-likeness (QED) is 0.745. The van der Waals surface area contributed by atoms with Crippen LogP contribution in [0.25, 0.3) is 0 Å². The third kappa shape index (κ3) is 2.11. The molecule has 1 aromatic carbocycles. The summed E-state index contributed by atoms with van der Waals surface area (Å²) < 4.78 is 18.4. The maximum Gasteiger partial charge on any atom is 0.193 e. The molecular weight excluding hydrogens is 231 g/mol. The number of carbonyl (C=O) groups is 1. The lowest BCUT2D eigenvalue weighted by Gasteiger charge is -2.14. The van der Waals surface area contributed by atoms with E-state index >= 15 is 0 Å². The Bertz CT molecular complexity index is 419. The van der Waals surface area contributed by atoms with Gasteiger partial charge in [0.05, 0.1) is 5.02 Å². The van der Waals surface area contributed by atoms with Crippen LogP contribution in [0.5, 0.6) is 0 Å². The number of carbonyl (C=O) groups excluding carboxylic acids is 1. The van der Waals surface area contributed by atoms with Gasteiger partial charge < -0.3 is 4.74 Å². The van der Waals surface area contributed by atoms with Gasteiger partial charge in [-0.2, -0.15) is 0 Å². The van der Waals surface area contributed by atoms with Gasteiger partial charge in [-0.05, 0) is 30.5 Å². The van der Waals surface area contributed by atoms with Gasteiger partial charge in [-0.3, -0.25) is 4.79 Å². The molecule has 0 spiro atoms. The van der Waals surface area contributed by atoms with Gasteiger partial charge in [0.15, 0.2) is 5.78 Å². The summed E-state index contributed by atoms with van der Waals surface area (Å²) in [4.78, 5) is 12.1. The normalized spacial score (nSPS) is 24.7. The van der Waals surface area contributed by atoms with Crippen molar-refractivity contribution < 1.29 is 13.9 Å². The van der Waals surface area contributed by atoms with Crippen LogP contribution in [0, 0.1) is 11.7 Å². The molecule has 1 heterocycles. The van der Waals surface area contributed by atoms with Crippen LogP contribution in [0.3, 0.4) is 0 Å². The second-order valence-electron chi connectivity index (χ2n) is 4.05. The predicted molar refractivity (Wildman–Crippen MR) is 59.3 cm³/mol. The molecular formula is C12H12ClFO2. The summed E-state index contributed by atoms with van der Waals surface area (Å²) in [6, 6.07) is 3.79. The number of ketones is 1. The van der Waals surface area contributed by atoms with Crippen molar-refractivity contribution in [2.45, 2.75) is 19.4 Å². The van der Waals surface area contributed by atoms with E-state index in [0.29, 0.717) is 6.61 Å². The zero-order valence-corrected chi connectivity index (χ0v) is 9.63. The Balaban J connectivity index is 2.29. The van der Waals surface area contributed by atoms with Gasteiger partial charge in [0.1, 0.15) is 11.9 Å². The molecule has 2 rings (SSSR count). The van der Waals surface area contributed by atoms with Gasteiger partial charge in [0.2, 0.25) is 0 Å². The SMILES string of the molecule is CC1CCOC1C(=O)c1cc(F)ccc1Cl. The molecule has 1 aliphatic heterocycles. The lowest BCUT2D eigenvalue weighted by molar-refractivity contribution is 0.0579. The number of hydrogen-bond acceptors (Lipinski definition) is 2. The molecule has 4 heteroatoms. The molecule has 0 bridgehead atoms. The number of halogens is 2. The molecule has 86 valence electrons. The van der Waals surface area contributed by atoms with Crippen LogP contribution in [0.15, 0.2) is 18.2 Å². The molecule has 2 atom stereocenters. The summed E-state index contributed by atoms with van der Waals surface area (Å²) in [7, 11) is 0. The van der Waals surface area contributed by atoms with Crippen molar-refractivity contribution in [3.8, 4) is 0 Å². The number of hydrogen-bond donors (Lipinski definition) is 0. The smallest absolute Gasteiger partial charge is 0.193 e. The van der Waals surface area contributed by atoms with E-state index in [9.17, 15) is 9.18 Å². The Morgan fingerprint density at radius 1 is 1.56 bits per heavy atom. The maximum atomic E-state index is 13.0. The van der Waals surface area contributed by atoms with Crippen molar-refractivity contribution in [3.05, 3.63) is 34.6 Å². The van der Waals surface area contributed by atoms with E-state index in [1.165, 1.54) is 18.2 Å². The standard InChI is InChI=1S/C12H12ClFO2/c1-7-4-5-16-12(7)11(15)9-6-8(14)2-3-10(9)13/h2-3,6-7,12H,4-5H2,1H3. The van der Waals surface area contributed by atoms with Crippen LogP contribution >= 0.6 is 11.6 Å². The van der Waals surface area contributed by atoms with Crippen molar-refractivity contribution in [2.75, 3.05) is 6.61 Å². The number of ether oxygens (including phenoxy) is 1. The highest BCUT2D eigenvalue weighted by molar-refractivity contribution is 6.34. The average molecular weight is 243 g/mol. The molecule has 0 N–H and O–H groups in total. The van der Waals surface area contributed by atoms with E-state index in [0.717, 1.165) is 6.42 Å². The van der Waals surface area contributed by atoms with E-state index < -0.39 is 11.9 Å². The molecule has 1 aliphatic rings. The summed E-state index contributed by atoms with van der Waals surface area (Å²) in [6.45, 7) is 2.52. The zero-order chi connectivity index (χ0) is 11.7. The molecule has 0 aliphatic carbocycles. The van der Waals surface area contributed by atoms with E-state index in [1.54, 1.807) is 0 Å². The van der Waals surface area contributed by atoms with E-state index in [-0.39, 0.29) is 22.3 Å². The van der Waals surface area contributed by atoms with Gasteiger partial charge in [-0.15, -0.1) is 0 Å². The first-order valence-electron chi connectivity index (χ1n) is 5.20. The molecule has 1 saturated heterocycles. The summed E-state index contributed by atoms with van der Waals surface area (Å²) >= 11 is 5.87. The second-order valence-corrected chi connectivity index (χ2v) is 4.45. The Kier molecular flexibility index (Phi) is 3.26. The Hall–Kier alpha value is -0.930. The average Bonchev–Trinajstić information content (AvgIpc) is 2.67. The Morgan fingerprint density at radius 2 is 2.31 bits per heavy atom. The van der Waals surface area contributed by atoms with Crippen LogP contribution in [-0.4, -0.2) is 18.5 Å². The van der Waals surface area contributed by atoms with E-state index in [2.05, 4.69) is 0 Å². The molecule has 0 aromatic heterocycles. The van der Waals surface area contributed by atoms with Crippen molar-refractivity contribution in [1.29, 1.82) is 0 Å². The van der Waals surface area contributed by atoms with E-state index in [1.807, 2.05) is 6.92 Å². The lowest BCUT2D eigenvalue weighted by atomic mass is 9.96. The molecule has 16 heavy (non-hydrogen) atoms. The third-order valence-corrected chi connectivity index (χ3v) is 3.17. The molecule has 1 fully saturated rings. The fourth-order valence-electron chi connectivity index (χ4n) is 1.87. The lowest BCUT2D eigenvalue weighted by Crippen LogP contribution is -2.25. The monoisotopic (exact) mass is 242 g/mol. The zero-order valence-electron chi connectivity index (χ0n) is 8.87. The number of rotatable bonds is 2. The molecule has 0 radical (unpaired) electrons. The fraction of sp³-hybridized carbons (Fsp3) is 0.417. The van der Waals surface area contributed by atoms with Crippen LogP contribution in [0.2, 0.25) is 5.02 Å². The van der Waals surface area contributed by atoms with Gasteiger partial charge in [-0.1, -0.05) is 18.5 Å². The topological polar surface area (TPSA) is 26.3 Å². The number of Topliss-reactive ketones (excluding diaryl/α,β-unsaturated/α-hetero) is 1. The van der Waals surface area contributed by atoms with Gasteiger partial charge >= 0.3 is 0 Å². The Labute approximate surface area is 98.4 Å². The molecule has 0 saturated carbocycles. The largest absolute Gasteiger partial charge is 0.370 e. The minimum Gasteiger partial charge on any atom is -0.370 e. The maximum absolute atomic E-state index is 13.0. The first-order chi connectivity index (χ1) is 7.59. The molecule has 2 nitrogen and oxygen atoms in total. The summed E-state index contributed by atoms with van der Waals surface area (Å²) in [5.41, 5.74) is 0.209. The minimum absolute atomic E-state index is 0.159. The first-order valence-corrected chi connectivity index (χ1v) is 5.58. The fourth-order valence-corrected chi connectivity index (χ4v) is 2.08. The number of benzene rings is 1. The van der Waals surface area contributed by atoms with Crippen molar-refractivity contribution >= 4 is 17.4 Å². The van der Waals surface area contributed by atoms with Crippen molar-refractivity contribution in [3.63, 3.8) is 0 Å².